The van der Waals surface area contributed by atoms with E-state index < -0.39 is 0 Å². The van der Waals surface area contributed by atoms with Crippen LogP contribution in [0.15, 0.2) is 48.5 Å². The molecule has 0 bridgehead atoms. The highest BCUT2D eigenvalue weighted by Crippen LogP contribution is 2.31. The van der Waals surface area contributed by atoms with Crippen LogP contribution in [0.3, 0.4) is 0 Å². The van der Waals surface area contributed by atoms with E-state index in [9.17, 15) is 0 Å². The second-order valence-electron chi connectivity index (χ2n) is 6.41. The first-order chi connectivity index (χ1) is 11.8. The minimum Gasteiger partial charge on any atom is -0.497 e. The van der Waals surface area contributed by atoms with E-state index >= 15 is 0 Å². The van der Waals surface area contributed by atoms with Crippen molar-refractivity contribution in [2.24, 2.45) is 0 Å². The van der Waals surface area contributed by atoms with Gasteiger partial charge in [0.1, 0.15) is 5.75 Å². The van der Waals surface area contributed by atoms with Gasteiger partial charge in [-0.15, -0.1) is 0 Å². The van der Waals surface area contributed by atoms with Crippen molar-refractivity contribution in [3.63, 3.8) is 0 Å². The highest BCUT2D eigenvalue weighted by molar-refractivity contribution is 5.38. The fraction of sp³-hybridized carbons (Fsp3) is 0.429. The number of nitrogens with one attached hydrogen (secondary N) is 1. The summed E-state index contributed by atoms with van der Waals surface area (Å²) in [5.74, 6) is 0.927. The van der Waals surface area contributed by atoms with Crippen molar-refractivity contribution in [1.82, 2.24) is 10.2 Å². The number of ether oxygens (including phenoxy) is 1. The molecular formula is C21H28N2O. The molecule has 1 fully saturated rings. The molecule has 0 amide bonds. The molecule has 1 aliphatic heterocycles. The third-order valence-electron chi connectivity index (χ3n) is 4.85. The van der Waals surface area contributed by atoms with E-state index in [0.29, 0.717) is 0 Å². The zero-order valence-corrected chi connectivity index (χ0v) is 14.8. The topological polar surface area (TPSA) is 24.5 Å². The first-order valence-electron chi connectivity index (χ1n) is 8.99. The summed E-state index contributed by atoms with van der Waals surface area (Å²) >= 11 is 0. The first kappa shape index (κ1) is 17.0. The minimum atomic E-state index is 0.283. The van der Waals surface area contributed by atoms with Gasteiger partial charge < -0.3 is 10.1 Å². The van der Waals surface area contributed by atoms with Crippen molar-refractivity contribution >= 4 is 0 Å². The third-order valence-corrected chi connectivity index (χ3v) is 4.85. The van der Waals surface area contributed by atoms with Crippen LogP contribution >= 0.6 is 0 Å². The van der Waals surface area contributed by atoms with Crippen molar-refractivity contribution in [2.75, 3.05) is 33.3 Å². The highest BCUT2D eigenvalue weighted by Gasteiger charge is 2.23. The Morgan fingerprint density at radius 1 is 1.04 bits per heavy atom. The Bertz CT molecular complexity index is 631. The van der Waals surface area contributed by atoms with Crippen LogP contribution in [0.1, 0.15) is 36.1 Å². The number of benzene rings is 2. The van der Waals surface area contributed by atoms with E-state index in [2.05, 4.69) is 59.6 Å². The molecule has 3 rings (SSSR count). The molecule has 0 saturated carbocycles. The molecule has 1 heterocycles. The van der Waals surface area contributed by atoms with Crippen molar-refractivity contribution in [3.05, 3.63) is 65.2 Å². The Balaban J connectivity index is 1.97. The Morgan fingerprint density at radius 2 is 1.88 bits per heavy atom. The number of aryl methyl sites for hydroxylation is 1. The maximum Gasteiger partial charge on any atom is 0.119 e. The molecule has 1 N–H and O–H groups in total. The van der Waals surface area contributed by atoms with Crippen LogP contribution in [-0.4, -0.2) is 38.2 Å². The highest BCUT2D eigenvalue weighted by atomic mass is 16.5. The predicted octanol–water partition coefficient (Wildman–Crippen LogP) is 3.64. The molecule has 2 aromatic carbocycles. The van der Waals surface area contributed by atoms with E-state index in [-0.39, 0.29) is 6.04 Å². The lowest BCUT2D eigenvalue weighted by atomic mass is 9.95. The lowest BCUT2D eigenvalue weighted by Crippen LogP contribution is -2.33. The van der Waals surface area contributed by atoms with Crippen molar-refractivity contribution < 1.29 is 4.74 Å². The summed E-state index contributed by atoms with van der Waals surface area (Å²) in [6.45, 7) is 6.54. The van der Waals surface area contributed by atoms with Gasteiger partial charge in [0.05, 0.1) is 13.2 Å². The standard InChI is InChI=1S/C21H28N2O/c1-3-17-8-10-18(11-9-17)21(23-14-5-12-22-13-15-23)19-6-4-7-20(16-19)24-2/h4,6-11,16,21-22H,3,5,12-15H2,1-2H3. The molecule has 0 aromatic heterocycles. The fourth-order valence-corrected chi connectivity index (χ4v) is 3.49. The Hall–Kier alpha value is -1.84. The van der Waals surface area contributed by atoms with Crippen LogP contribution in [0.2, 0.25) is 0 Å². The third kappa shape index (κ3) is 3.97. The predicted molar refractivity (Wildman–Crippen MR) is 99.7 cm³/mol. The lowest BCUT2D eigenvalue weighted by Gasteiger charge is -2.31. The Labute approximate surface area is 145 Å². The van der Waals surface area contributed by atoms with Crippen LogP contribution in [0.25, 0.3) is 0 Å². The molecule has 1 saturated heterocycles. The molecule has 0 spiro atoms. The van der Waals surface area contributed by atoms with Crippen LogP contribution < -0.4 is 10.1 Å². The van der Waals surface area contributed by atoms with Crippen LogP contribution in [0.5, 0.6) is 5.75 Å². The molecule has 24 heavy (non-hydrogen) atoms. The van der Waals surface area contributed by atoms with E-state index in [4.69, 9.17) is 4.74 Å². The number of rotatable bonds is 5. The van der Waals surface area contributed by atoms with Crippen molar-refractivity contribution in [2.45, 2.75) is 25.8 Å². The molecular weight excluding hydrogens is 296 g/mol. The fourth-order valence-electron chi connectivity index (χ4n) is 3.49. The van der Waals surface area contributed by atoms with Gasteiger partial charge in [-0.2, -0.15) is 0 Å². The first-order valence-corrected chi connectivity index (χ1v) is 8.99. The van der Waals surface area contributed by atoms with Crippen molar-refractivity contribution in [1.29, 1.82) is 0 Å². The average molecular weight is 324 g/mol. The molecule has 0 aliphatic carbocycles. The minimum absolute atomic E-state index is 0.283. The SMILES string of the molecule is CCc1ccc(C(c2cccc(OC)c2)N2CCCNCC2)cc1. The van der Waals surface area contributed by atoms with Gasteiger partial charge in [-0.05, 0) is 48.2 Å². The molecule has 0 radical (unpaired) electrons. The largest absolute Gasteiger partial charge is 0.497 e. The van der Waals surface area contributed by atoms with Crippen LogP contribution in [0, 0.1) is 0 Å². The molecule has 2 aromatic rings. The van der Waals surface area contributed by atoms with Gasteiger partial charge in [0.15, 0.2) is 0 Å². The van der Waals surface area contributed by atoms with E-state index in [1.54, 1.807) is 7.11 Å². The normalized spacial score (nSPS) is 17.2. The maximum atomic E-state index is 5.46. The van der Waals surface area contributed by atoms with Gasteiger partial charge in [-0.25, -0.2) is 0 Å². The van der Waals surface area contributed by atoms with Gasteiger partial charge in [0.25, 0.3) is 0 Å². The zero-order valence-electron chi connectivity index (χ0n) is 14.8. The number of nitrogens with zero attached hydrogens (tertiary/aromatic N) is 1. The lowest BCUT2D eigenvalue weighted by molar-refractivity contribution is 0.240. The molecule has 1 aliphatic rings. The number of hydrogen-bond acceptors (Lipinski definition) is 3. The quantitative estimate of drug-likeness (QED) is 0.909. The van der Waals surface area contributed by atoms with Gasteiger partial charge in [-0.1, -0.05) is 43.3 Å². The van der Waals surface area contributed by atoms with Gasteiger partial charge in [0, 0.05) is 19.6 Å². The molecule has 1 atom stereocenters. The molecule has 1 unspecified atom stereocenters. The average Bonchev–Trinajstić information content (AvgIpc) is 2.92. The van der Waals surface area contributed by atoms with E-state index in [0.717, 1.165) is 38.3 Å². The summed E-state index contributed by atoms with van der Waals surface area (Å²) in [5.41, 5.74) is 4.06. The summed E-state index contributed by atoms with van der Waals surface area (Å²) in [7, 11) is 1.74. The second-order valence-corrected chi connectivity index (χ2v) is 6.41. The van der Waals surface area contributed by atoms with Gasteiger partial charge >= 0.3 is 0 Å². The van der Waals surface area contributed by atoms with Gasteiger partial charge in [-0.3, -0.25) is 4.90 Å². The second kappa shape index (κ2) is 8.32. The van der Waals surface area contributed by atoms with Gasteiger partial charge in [0.2, 0.25) is 0 Å². The van der Waals surface area contributed by atoms with E-state index in [1.165, 1.54) is 23.1 Å². The number of methoxy groups -OCH3 is 1. The zero-order chi connectivity index (χ0) is 16.8. The number of hydrogen-bond donors (Lipinski definition) is 1. The summed E-state index contributed by atoms with van der Waals surface area (Å²) in [6.07, 6.45) is 2.27. The smallest absolute Gasteiger partial charge is 0.119 e. The summed E-state index contributed by atoms with van der Waals surface area (Å²) in [6, 6.07) is 17.9. The van der Waals surface area contributed by atoms with Crippen LogP contribution in [0.4, 0.5) is 0 Å². The Morgan fingerprint density at radius 3 is 2.62 bits per heavy atom. The summed E-state index contributed by atoms with van der Waals surface area (Å²) < 4.78 is 5.46. The van der Waals surface area contributed by atoms with E-state index in [1.807, 2.05) is 6.07 Å². The maximum absolute atomic E-state index is 5.46. The molecule has 3 nitrogen and oxygen atoms in total. The Kier molecular flexibility index (Phi) is 5.89. The summed E-state index contributed by atoms with van der Waals surface area (Å²) in [4.78, 5) is 2.59. The van der Waals surface area contributed by atoms with Crippen LogP contribution in [-0.2, 0) is 6.42 Å². The van der Waals surface area contributed by atoms with Crippen molar-refractivity contribution in [3.8, 4) is 5.75 Å². The molecule has 3 heteroatoms. The molecule has 128 valence electrons. The monoisotopic (exact) mass is 324 g/mol. The summed E-state index contributed by atoms with van der Waals surface area (Å²) in [5, 5.41) is 3.51.